The lowest BCUT2D eigenvalue weighted by Crippen LogP contribution is -2.12. The highest BCUT2D eigenvalue weighted by Crippen LogP contribution is 2.18. The maximum Gasteiger partial charge on any atom is 0.309 e. The molecule has 2 bridgehead atoms. The summed E-state index contributed by atoms with van der Waals surface area (Å²) in [5.41, 5.74) is 2.97. The highest BCUT2D eigenvalue weighted by atomic mass is 32.1. The van der Waals surface area contributed by atoms with E-state index in [-0.39, 0.29) is 17.8 Å². The van der Waals surface area contributed by atoms with Gasteiger partial charge in [-0.1, -0.05) is 38.1 Å². The molecule has 2 aliphatic carbocycles. The van der Waals surface area contributed by atoms with Gasteiger partial charge in [0.15, 0.2) is 0 Å². The van der Waals surface area contributed by atoms with Gasteiger partial charge in [-0.2, -0.15) is 0 Å². The van der Waals surface area contributed by atoms with Crippen LogP contribution in [-0.4, -0.2) is 11.9 Å². The first kappa shape index (κ1) is 13.1. The lowest BCUT2D eigenvalue weighted by atomic mass is 9.94. The van der Waals surface area contributed by atoms with Crippen molar-refractivity contribution < 1.29 is 9.53 Å². The van der Waals surface area contributed by atoms with E-state index >= 15 is 0 Å². The number of fused-ring (bicyclic) bond motifs is 2. The Balaban J connectivity index is 0.000000163. The molecule has 3 heteroatoms. The minimum absolute atomic E-state index is 0.0112. The number of rotatable bonds is 3. The van der Waals surface area contributed by atoms with Gasteiger partial charge in [0.25, 0.3) is 0 Å². The molecular formula is C13H18O2S. The normalized spacial score (nSPS) is 12.9. The Morgan fingerprint density at radius 1 is 1.50 bits per heavy atom. The number of carbonyl (C=O) groups is 1. The van der Waals surface area contributed by atoms with Crippen LogP contribution in [0.3, 0.4) is 0 Å². The molecule has 0 radical (unpaired) electrons. The van der Waals surface area contributed by atoms with E-state index in [1.165, 1.54) is 17.5 Å². The standard InChI is InChI=1S/C7H6.C6H12O2S/c1-2-6-4-7(3-1)5-6;1-3-5(2)6(7)8-4-9/h1-4H,5H2;5,9H,3-4H2,1-2H3. The lowest BCUT2D eigenvalue weighted by Gasteiger charge is -2.11. The summed E-state index contributed by atoms with van der Waals surface area (Å²) in [6.07, 6.45) is 2.04. The average Bonchev–Trinajstić information content (AvgIpc) is 2.29. The van der Waals surface area contributed by atoms with Gasteiger partial charge in [-0.25, -0.2) is 0 Å². The van der Waals surface area contributed by atoms with Crippen molar-refractivity contribution >= 4 is 18.6 Å². The predicted molar refractivity (Wildman–Crippen MR) is 68.6 cm³/mol. The summed E-state index contributed by atoms with van der Waals surface area (Å²) in [5.74, 6) is 0.0352. The minimum atomic E-state index is -0.160. The highest BCUT2D eigenvalue weighted by Gasteiger charge is 2.09. The zero-order valence-electron chi connectivity index (χ0n) is 9.77. The molecule has 0 heterocycles. The zero-order chi connectivity index (χ0) is 12.0. The Kier molecular flexibility index (Phi) is 5.39. The fourth-order valence-electron chi connectivity index (χ4n) is 1.33. The SMILES string of the molecule is CCC(C)C(=O)OCS.c1cc2cc(c1)C2. The van der Waals surface area contributed by atoms with E-state index in [1.807, 2.05) is 13.8 Å². The van der Waals surface area contributed by atoms with E-state index in [0.29, 0.717) is 0 Å². The Labute approximate surface area is 102 Å². The zero-order valence-corrected chi connectivity index (χ0v) is 10.7. The van der Waals surface area contributed by atoms with Crippen LogP contribution in [0, 0.1) is 5.92 Å². The number of hydrogen-bond acceptors (Lipinski definition) is 3. The van der Waals surface area contributed by atoms with Crippen molar-refractivity contribution in [3.63, 3.8) is 0 Å². The molecule has 0 saturated heterocycles. The van der Waals surface area contributed by atoms with Crippen LogP contribution in [0.4, 0.5) is 0 Å². The largest absolute Gasteiger partial charge is 0.455 e. The average molecular weight is 238 g/mol. The number of carbonyl (C=O) groups excluding carboxylic acids is 1. The van der Waals surface area contributed by atoms with Crippen LogP contribution in [-0.2, 0) is 16.0 Å². The van der Waals surface area contributed by atoms with Crippen LogP contribution >= 0.6 is 12.6 Å². The molecule has 0 fully saturated rings. The lowest BCUT2D eigenvalue weighted by molar-refractivity contribution is -0.145. The van der Waals surface area contributed by atoms with Crippen molar-refractivity contribution in [2.24, 2.45) is 5.92 Å². The number of esters is 1. The van der Waals surface area contributed by atoms with Crippen LogP contribution in [0.15, 0.2) is 24.3 Å². The van der Waals surface area contributed by atoms with E-state index in [1.54, 1.807) is 0 Å². The minimum Gasteiger partial charge on any atom is -0.455 e. The molecule has 88 valence electrons. The van der Waals surface area contributed by atoms with Gasteiger partial charge >= 0.3 is 5.97 Å². The molecule has 0 spiro atoms. The molecular weight excluding hydrogens is 220 g/mol. The fraction of sp³-hybridized carbons (Fsp3) is 0.462. The maximum absolute atomic E-state index is 10.7. The van der Waals surface area contributed by atoms with Gasteiger partial charge in [-0.05, 0) is 24.0 Å². The predicted octanol–water partition coefficient (Wildman–Crippen LogP) is 3.05. The fourth-order valence-corrected chi connectivity index (χ4v) is 1.45. The molecule has 0 N–H and O–H groups in total. The van der Waals surface area contributed by atoms with Crippen molar-refractivity contribution in [2.45, 2.75) is 26.7 Å². The van der Waals surface area contributed by atoms with Gasteiger partial charge < -0.3 is 4.74 Å². The third kappa shape index (κ3) is 3.89. The smallest absolute Gasteiger partial charge is 0.309 e. The number of ether oxygens (including phenoxy) is 1. The highest BCUT2D eigenvalue weighted by molar-refractivity contribution is 7.80. The van der Waals surface area contributed by atoms with Gasteiger partial charge in [0, 0.05) is 0 Å². The first-order chi connectivity index (χ1) is 7.67. The quantitative estimate of drug-likeness (QED) is 0.505. The second-order valence-corrected chi connectivity index (χ2v) is 4.16. The van der Waals surface area contributed by atoms with E-state index in [9.17, 15) is 4.79 Å². The van der Waals surface area contributed by atoms with Gasteiger partial charge in [0.05, 0.1) is 5.92 Å². The van der Waals surface area contributed by atoms with Crippen molar-refractivity contribution in [1.82, 2.24) is 0 Å². The molecule has 1 aromatic carbocycles. The molecule has 0 aromatic heterocycles. The van der Waals surface area contributed by atoms with Crippen molar-refractivity contribution in [3.8, 4) is 0 Å². The molecule has 0 amide bonds. The second-order valence-electron chi connectivity index (χ2n) is 3.90. The molecule has 1 unspecified atom stereocenters. The van der Waals surface area contributed by atoms with Crippen molar-refractivity contribution in [3.05, 3.63) is 35.4 Å². The molecule has 1 atom stereocenters. The van der Waals surface area contributed by atoms with E-state index < -0.39 is 0 Å². The molecule has 2 aliphatic rings. The van der Waals surface area contributed by atoms with Crippen LogP contribution in [0.2, 0.25) is 0 Å². The Morgan fingerprint density at radius 2 is 2.06 bits per heavy atom. The number of benzene rings is 1. The monoisotopic (exact) mass is 238 g/mol. The Morgan fingerprint density at radius 3 is 2.31 bits per heavy atom. The first-order valence-electron chi connectivity index (χ1n) is 5.52. The maximum atomic E-state index is 10.7. The molecule has 0 saturated carbocycles. The van der Waals surface area contributed by atoms with Gasteiger partial charge in [-0.3, -0.25) is 4.79 Å². The van der Waals surface area contributed by atoms with Crippen molar-refractivity contribution in [2.75, 3.05) is 5.94 Å². The van der Waals surface area contributed by atoms with Crippen LogP contribution in [0.1, 0.15) is 31.4 Å². The summed E-state index contributed by atoms with van der Waals surface area (Å²) in [4.78, 5) is 10.7. The molecule has 2 nitrogen and oxygen atoms in total. The second kappa shape index (κ2) is 6.59. The van der Waals surface area contributed by atoms with Crippen LogP contribution < -0.4 is 0 Å². The van der Waals surface area contributed by atoms with E-state index in [2.05, 4.69) is 41.6 Å². The molecule has 16 heavy (non-hydrogen) atoms. The third-order valence-electron chi connectivity index (χ3n) is 2.62. The van der Waals surface area contributed by atoms with E-state index in [0.717, 1.165) is 6.42 Å². The van der Waals surface area contributed by atoms with E-state index in [4.69, 9.17) is 0 Å². The Bertz CT molecular complexity index is 325. The summed E-state index contributed by atoms with van der Waals surface area (Å²) >= 11 is 3.75. The molecule has 3 rings (SSSR count). The first-order valence-corrected chi connectivity index (χ1v) is 6.16. The van der Waals surface area contributed by atoms with Crippen LogP contribution in [0.25, 0.3) is 0 Å². The molecule has 0 aliphatic heterocycles. The van der Waals surface area contributed by atoms with Gasteiger partial charge in [0.1, 0.15) is 5.94 Å². The van der Waals surface area contributed by atoms with Crippen molar-refractivity contribution in [1.29, 1.82) is 0 Å². The summed E-state index contributed by atoms with van der Waals surface area (Å²) in [6, 6.07) is 8.65. The Hall–Kier alpha value is -0.960. The number of thiol groups is 1. The number of hydrogen-bond donors (Lipinski definition) is 1. The topological polar surface area (TPSA) is 26.3 Å². The van der Waals surface area contributed by atoms with Gasteiger partial charge in [0.2, 0.25) is 0 Å². The summed E-state index contributed by atoms with van der Waals surface area (Å²) < 4.78 is 4.62. The summed E-state index contributed by atoms with van der Waals surface area (Å²) in [7, 11) is 0. The third-order valence-corrected chi connectivity index (χ3v) is 2.75. The molecule has 1 aromatic rings. The summed E-state index contributed by atoms with van der Waals surface area (Å²) in [6.45, 7) is 3.79. The van der Waals surface area contributed by atoms with Gasteiger partial charge in [-0.15, -0.1) is 12.6 Å². The summed E-state index contributed by atoms with van der Waals surface area (Å²) in [5, 5.41) is 0. The van der Waals surface area contributed by atoms with Crippen LogP contribution in [0.5, 0.6) is 0 Å².